The molecule has 10 heteroatoms. The Balaban J connectivity index is 1.11. The van der Waals surface area contributed by atoms with Crippen molar-refractivity contribution < 1.29 is 28.2 Å². The van der Waals surface area contributed by atoms with Crippen molar-refractivity contribution >= 4 is 11.9 Å². The molecule has 0 bridgehead atoms. The van der Waals surface area contributed by atoms with E-state index in [1.165, 1.54) is 0 Å². The van der Waals surface area contributed by atoms with E-state index in [-0.39, 0.29) is 37.0 Å². The Bertz CT molecular complexity index is 1140. The largest absolute Gasteiger partial charge is 0.463 e. The monoisotopic (exact) mass is 436 g/mol. The maximum atomic E-state index is 12.7. The molecule has 3 aromatic rings. The lowest BCUT2D eigenvalue weighted by Gasteiger charge is -2.18. The van der Waals surface area contributed by atoms with Crippen LogP contribution < -0.4 is 20.1 Å². The van der Waals surface area contributed by atoms with Gasteiger partial charge in [0.2, 0.25) is 12.7 Å². The van der Waals surface area contributed by atoms with Crippen molar-refractivity contribution in [3.05, 3.63) is 54.4 Å². The molecule has 0 unspecified atom stereocenters. The summed E-state index contributed by atoms with van der Waals surface area (Å²) in [6.45, 7) is 0.939. The van der Waals surface area contributed by atoms with Gasteiger partial charge in [0.1, 0.15) is 17.9 Å². The van der Waals surface area contributed by atoms with Crippen LogP contribution in [0.25, 0.3) is 11.5 Å². The number of nitrogens with one attached hydrogen (secondary N) is 2. The lowest BCUT2D eigenvalue weighted by molar-refractivity contribution is 0.0652. The smallest absolute Gasteiger partial charge is 0.251 e. The summed E-state index contributed by atoms with van der Waals surface area (Å²) in [6.07, 6.45) is 2.78. The van der Waals surface area contributed by atoms with Crippen molar-refractivity contribution in [1.82, 2.24) is 15.3 Å². The van der Waals surface area contributed by atoms with Crippen LogP contribution in [-0.4, -0.2) is 60.2 Å². The molecule has 1 amide bonds. The Hall–Kier alpha value is -3.63. The molecular weight excluding hydrogens is 416 g/mol. The third-order valence-corrected chi connectivity index (χ3v) is 5.75. The number of anilines is 1. The molecule has 5 heterocycles. The highest BCUT2D eigenvalue weighted by Crippen LogP contribution is 2.33. The van der Waals surface area contributed by atoms with Crippen LogP contribution in [0.3, 0.4) is 0 Å². The van der Waals surface area contributed by atoms with E-state index in [2.05, 4.69) is 20.6 Å². The number of hydrogen-bond donors (Lipinski definition) is 2. The van der Waals surface area contributed by atoms with Gasteiger partial charge in [0.15, 0.2) is 17.3 Å². The average Bonchev–Trinajstić information content (AvgIpc) is 3.60. The summed E-state index contributed by atoms with van der Waals surface area (Å²) >= 11 is 0. The van der Waals surface area contributed by atoms with Crippen LogP contribution in [0.4, 0.5) is 5.95 Å². The first-order valence-electron chi connectivity index (χ1n) is 10.3. The predicted octanol–water partition coefficient (Wildman–Crippen LogP) is 1.84. The van der Waals surface area contributed by atoms with Crippen molar-refractivity contribution in [2.45, 2.75) is 24.3 Å². The SMILES string of the molecule is O=C(N[C@H]1CO[C@H]2[C@H]1OC[C@H]2Nc1nccc(-c2ccco2)n1)c1ccc2c(c1)OCO2. The van der Waals surface area contributed by atoms with E-state index in [0.717, 1.165) is 0 Å². The Morgan fingerprint density at radius 1 is 1.00 bits per heavy atom. The maximum Gasteiger partial charge on any atom is 0.251 e. The minimum Gasteiger partial charge on any atom is -0.463 e. The summed E-state index contributed by atoms with van der Waals surface area (Å²) in [7, 11) is 0. The summed E-state index contributed by atoms with van der Waals surface area (Å²) in [5.74, 6) is 2.12. The second-order valence-electron chi connectivity index (χ2n) is 7.74. The van der Waals surface area contributed by atoms with E-state index in [4.69, 9.17) is 23.4 Å². The summed E-state index contributed by atoms with van der Waals surface area (Å²) in [6, 6.07) is 10.1. The lowest BCUT2D eigenvalue weighted by atomic mass is 10.1. The highest BCUT2D eigenvalue weighted by Gasteiger charge is 2.48. The molecule has 0 aliphatic carbocycles. The molecule has 164 valence electrons. The number of rotatable bonds is 5. The fourth-order valence-corrected chi connectivity index (χ4v) is 4.19. The van der Waals surface area contributed by atoms with Gasteiger partial charge in [-0.05, 0) is 36.4 Å². The molecule has 10 nitrogen and oxygen atoms in total. The Morgan fingerprint density at radius 2 is 1.84 bits per heavy atom. The number of hydrogen-bond acceptors (Lipinski definition) is 9. The van der Waals surface area contributed by atoms with Gasteiger partial charge in [-0.1, -0.05) is 0 Å². The van der Waals surface area contributed by atoms with Crippen molar-refractivity contribution in [2.75, 3.05) is 25.3 Å². The molecule has 6 rings (SSSR count). The Labute approximate surface area is 182 Å². The fraction of sp³-hybridized carbons (Fsp3) is 0.318. The molecular formula is C22H20N4O6. The van der Waals surface area contributed by atoms with Crippen LogP contribution in [-0.2, 0) is 9.47 Å². The Morgan fingerprint density at radius 3 is 2.72 bits per heavy atom. The zero-order valence-corrected chi connectivity index (χ0v) is 16.9. The first-order chi connectivity index (χ1) is 15.7. The number of carbonyl (C=O) groups excluding carboxylic acids is 1. The minimum atomic E-state index is -0.265. The van der Waals surface area contributed by atoms with E-state index < -0.39 is 0 Å². The summed E-state index contributed by atoms with van der Waals surface area (Å²) in [5, 5.41) is 6.30. The predicted molar refractivity (Wildman–Crippen MR) is 110 cm³/mol. The number of carbonyl (C=O) groups is 1. The summed E-state index contributed by atoms with van der Waals surface area (Å²) in [5.41, 5.74) is 1.18. The molecule has 2 saturated heterocycles. The molecule has 2 aromatic heterocycles. The van der Waals surface area contributed by atoms with Gasteiger partial charge in [-0.25, -0.2) is 9.97 Å². The van der Waals surface area contributed by atoms with Gasteiger partial charge in [-0.15, -0.1) is 0 Å². The Kier molecular flexibility index (Phi) is 4.66. The molecule has 0 radical (unpaired) electrons. The van der Waals surface area contributed by atoms with Crippen molar-refractivity contribution in [1.29, 1.82) is 0 Å². The fourth-order valence-electron chi connectivity index (χ4n) is 4.19. The van der Waals surface area contributed by atoms with Gasteiger partial charge in [0.25, 0.3) is 5.91 Å². The first kappa shape index (κ1) is 19.1. The van der Waals surface area contributed by atoms with Gasteiger partial charge in [-0.3, -0.25) is 4.79 Å². The van der Waals surface area contributed by atoms with E-state index in [9.17, 15) is 4.79 Å². The zero-order chi connectivity index (χ0) is 21.5. The number of fused-ring (bicyclic) bond motifs is 2. The quantitative estimate of drug-likeness (QED) is 0.618. The van der Waals surface area contributed by atoms with Crippen LogP contribution in [0.15, 0.2) is 53.3 Å². The standard InChI is InChI=1S/C22H20N4O6/c27-21(12-3-4-17-18(8-12)32-11-31-17)24-14-9-29-20-15(10-30-19(14)20)26-22-23-6-5-13(25-22)16-2-1-7-28-16/h1-8,14-15,19-20H,9-11H2,(H,24,27)(H,23,25,26)/t14-,15+,19-,20+/m0/s1. The van der Waals surface area contributed by atoms with Crippen LogP contribution in [0.5, 0.6) is 11.5 Å². The van der Waals surface area contributed by atoms with Gasteiger partial charge in [0.05, 0.1) is 31.6 Å². The summed E-state index contributed by atoms with van der Waals surface area (Å²) < 4.78 is 28.0. The second kappa shape index (κ2) is 7.81. The van der Waals surface area contributed by atoms with E-state index in [1.54, 1.807) is 36.7 Å². The van der Waals surface area contributed by atoms with Crippen LogP contribution in [0, 0.1) is 0 Å². The molecule has 0 saturated carbocycles. The maximum absolute atomic E-state index is 12.7. The highest BCUT2D eigenvalue weighted by molar-refractivity contribution is 5.95. The third kappa shape index (κ3) is 3.43. The van der Waals surface area contributed by atoms with Gasteiger partial charge in [-0.2, -0.15) is 0 Å². The number of nitrogens with zero attached hydrogens (tertiary/aromatic N) is 2. The molecule has 3 aliphatic rings. The molecule has 2 fully saturated rings. The lowest BCUT2D eigenvalue weighted by Crippen LogP contribution is -2.44. The number of benzene rings is 1. The molecule has 2 N–H and O–H groups in total. The topological polar surface area (TPSA) is 117 Å². The van der Waals surface area contributed by atoms with Crippen molar-refractivity contribution in [3.63, 3.8) is 0 Å². The normalized spacial score (nSPS) is 25.5. The van der Waals surface area contributed by atoms with Crippen molar-refractivity contribution in [2.24, 2.45) is 0 Å². The number of furan rings is 1. The zero-order valence-electron chi connectivity index (χ0n) is 16.9. The minimum absolute atomic E-state index is 0.140. The van der Waals surface area contributed by atoms with E-state index >= 15 is 0 Å². The number of amides is 1. The third-order valence-electron chi connectivity index (χ3n) is 5.75. The molecule has 1 aromatic carbocycles. The van der Waals surface area contributed by atoms with Gasteiger partial charge >= 0.3 is 0 Å². The van der Waals surface area contributed by atoms with Crippen molar-refractivity contribution in [3.8, 4) is 23.0 Å². The molecule has 3 aliphatic heterocycles. The highest BCUT2D eigenvalue weighted by atomic mass is 16.7. The van der Waals surface area contributed by atoms with Gasteiger partial charge in [0, 0.05) is 11.8 Å². The number of aromatic nitrogens is 2. The first-order valence-corrected chi connectivity index (χ1v) is 10.3. The van der Waals surface area contributed by atoms with E-state index in [0.29, 0.717) is 47.7 Å². The van der Waals surface area contributed by atoms with Crippen LogP contribution >= 0.6 is 0 Å². The van der Waals surface area contributed by atoms with E-state index in [1.807, 2.05) is 12.1 Å². The molecule has 32 heavy (non-hydrogen) atoms. The number of ether oxygens (including phenoxy) is 4. The average molecular weight is 436 g/mol. The second-order valence-corrected chi connectivity index (χ2v) is 7.74. The van der Waals surface area contributed by atoms with Crippen LogP contribution in [0.2, 0.25) is 0 Å². The summed E-state index contributed by atoms with van der Waals surface area (Å²) in [4.78, 5) is 21.6. The van der Waals surface area contributed by atoms with Gasteiger partial charge < -0.3 is 34.0 Å². The van der Waals surface area contributed by atoms with Crippen LogP contribution in [0.1, 0.15) is 10.4 Å². The molecule has 4 atom stereocenters. The molecule has 0 spiro atoms.